The molecule has 4 aromatic carbocycles. The Kier molecular flexibility index (Phi) is 23.5. The molecule has 56 heavy (non-hydrogen) atoms. The minimum absolute atomic E-state index is 0. The van der Waals surface area contributed by atoms with Gasteiger partial charge in [-0.1, -0.05) is 12.1 Å². The summed E-state index contributed by atoms with van der Waals surface area (Å²) >= 11 is 0.332. The van der Waals surface area contributed by atoms with Crippen molar-refractivity contribution in [2.75, 3.05) is 17.6 Å². The van der Waals surface area contributed by atoms with Gasteiger partial charge in [0.05, 0.1) is 42.6 Å². The van der Waals surface area contributed by atoms with Crippen molar-refractivity contribution >= 4 is 80.0 Å². The number of hydrogen-bond acceptors (Lipinski definition) is 22. The summed E-state index contributed by atoms with van der Waals surface area (Å²) in [7, 11) is -20.3. The number of hydrogen-bond donors (Lipinski definition) is 1. The van der Waals surface area contributed by atoms with Crippen LogP contribution in [0.2, 0.25) is 0 Å². The van der Waals surface area contributed by atoms with E-state index in [0.29, 0.717) is 18.1 Å². The van der Waals surface area contributed by atoms with Crippen molar-refractivity contribution in [1.29, 1.82) is 0 Å². The van der Waals surface area contributed by atoms with Crippen LogP contribution in [0.5, 0.6) is 23.5 Å². The van der Waals surface area contributed by atoms with Crippen LogP contribution in [0.1, 0.15) is 0 Å². The van der Waals surface area contributed by atoms with Crippen molar-refractivity contribution in [1.82, 2.24) is 15.0 Å². The molecule has 0 aliphatic rings. The molecular weight excluding hydrogens is 904 g/mol. The molecule has 0 bridgehead atoms. The van der Waals surface area contributed by atoms with E-state index in [2.05, 4.69) is 29.6 Å². The number of nitrogens with zero attached hydrogens (tertiary/aromatic N) is 3. The number of anilines is 1. The number of aromatic nitrogens is 3. The van der Waals surface area contributed by atoms with Gasteiger partial charge >= 0.3 is 160 Å². The van der Waals surface area contributed by atoms with E-state index in [1.54, 1.807) is 0 Å². The summed E-state index contributed by atoms with van der Waals surface area (Å²) < 4.78 is 155. The van der Waals surface area contributed by atoms with Crippen LogP contribution in [0.3, 0.4) is 0 Å². The van der Waals surface area contributed by atoms with E-state index in [1.165, 1.54) is 18.2 Å². The Hall–Kier alpha value is 0.680. The molecule has 0 saturated carbocycles. The fourth-order valence-corrected chi connectivity index (χ4v) is 7.26. The van der Waals surface area contributed by atoms with E-state index in [-0.39, 0.29) is 186 Å². The van der Waals surface area contributed by atoms with Crippen LogP contribution < -0.4 is 168 Å². The summed E-state index contributed by atoms with van der Waals surface area (Å²) in [6, 6.07) is 9.24. The zero-order chi connectivity index (χ0) is 37.4. The molecule has 21 nitrogen and oxygen atoms in total. The van der Waals surface area contributed by atoms with E-state index in [4.69, 9.17) is 9.47 Å². The molecule has 5 aromatic rings. The fourth-order valence-electron chi connectivity index (χ4n) is 4.35. The molecule has 0 fully saturated rings. The van der Waals surface area contributed by atoms with Crippen LogP contribution in [0.4, 0.5) is 5.95 Å². The van der Waals surface area contributed by atoms with Gasteiger partial charge in [-0.05, 0) is 59.3 Å². The van der Waals surface area contributed by atoms with Gasteiger partial charge in [0.1, 0.15) is 41.9 Å². The maximum atomic E-state index is 12.0. The van der Waals surface area contributed by atoms with Crippen LogP contribution in [0, 0.1) is 0 Å². The molecule has 0 amide bonds. The molecule has 272 valence electrons. The van der Waals surface area contributed by atoms with Gasteiger partial charge in [0.15, 0.2) is 0 Å². The first kappa shape index (κ1) is 56.7. The molecule has 1 aromatic heterocycles. The van der Waals surface area contributed by atoms with Crippen molar-refractivity contribution in [2.24, 2.45) is 0 Å². The Balaban J connectivity index is 0.00000605. The molecule has 0 saturated heterocycles. The van der Waals surface area contributed by atoms with Gasteiger partial charge in [0, 0.05) is 22.2 Å². The normalized spacial score (nSPS) is 11.5. The first-order chi connectivity index (χ1) is 23.7. The predicted molar refractivity (Wildman–Crippen MR) is 163 cm³/mol. The number of ether oxygens (including phenoxy) is 2. The van der Waals surface area contributed by atoms with Gasteiger partial charge in [0.25, 0.3) is 0 Å². The molecule has 31 heteroatoms. The number of benzene rings is 4. The SMILES string of the molecule is O=S(=O)([O-])CCNc1nc(Oc2ccc3cc(SOO[O-])cc(S(=O)(=O)[O-])c3c2)nc(Oc2ccc3cc(S(=O)(=O)[O-])cc(S(=O)(=O)[O-])c3c2)n1.[Na+].[Na+].[Na+].[Na+].[Na+]. The van der Waals surface area contributed by atoms with Crippen LogP contribution in [-0.2, 0) is 49.8 Å². The first-order valence-electron chi connectivity index (χ1n) is 13.2. The Bertz CT molecular complexity index is 2650. The topological polar surface area (TPSA) is 339 Å². The maximum absolute atomic E-state index is 12.0. The summed E-state index contributed by atoms with van der Waals surface area (Å²) in [5.74, 6) is -1.77. The average Bonchev–Trinajstić information content (AvgIpc) is 3.01. The summed E-state index contributed by atoms with van der Waals surface area (Å²) in [6.07, 6.45) is 0. The molecule has 0 atom stereocenters. The van der Waals surface area contributed by atoms with Crippen LogP contribution in [0.15, 0.2) is 80.2 Å². The standard InChI is InChI=1S/C25H20N4O17S5.5Na/c30-45-46-47-17-7-13-1-3-15(9-19(13)21(11-17)50(37,38)39)43-24-27-23(26-5-6-48(31,32)33)28-25(29-24)44-16-4-2-14-8-18(49(34,35)36)12-22(20(14)10-16)51(40,41)42;;;;;/h1-4,7-12,30H,5-6H2,(H,31,32,33)(H,34,35,36)(H,37,38,39)(H,40,41,42)(H,26,27,28,29);;;;;/q;5*+1/p-5. The third-order valence-corrected chi connectivity index (χ3v) is 10.2. The third-order valence-electron chi connectivity index (χ3n) is 6.36. The zero-order valence-electron chi connectivity index (χ0n) is 29.5. The van der Waals surface area contributed by atoms with E-state index in [1.807, 2.05) is 0 Å². The molecule has 0 aliphatic carbocycles. The summed E-state index contributed by atoms with van der Waals surface area (Å²) in [5.41, 5.74) is 0. The van der Waals surface area contributed by atoms with Crippen molar-refractivity contribution in [3.05, 3.63) is 60.7 Å². The molecule has 0 unspecified atom stereocenters. The number of rotatable bonds is 14. The quantitative estimate of drug-likeness (QED) is 0.0355. The van der Waals surface area contributed by atoms with Crippen molar-refractivity contribution in [3.8, 4) is 23.5 Å². The van der Waals surface area contributed by atoms with Crippen molar-refractivity contribution < 1.29 is 224 Å². The van der Waals surface area contributed by atoms with Crippen LogP contribution >= 0.6 is 12.0 Å². The van der Waals surface area contributed by atoms with Gasteiger partial charge in [-0.3, -0.25) is 5.04 Å². The van der Waals surface area contributed by atoms with Gasteiger partial charge in [-0.15, -0.1) is 4.98 Å². The largest absolute Gasteiger partial charge is 1.00 e. The maximum Gasteiger partial charge on any atom is 1.00 e. The van der Waals surface area contributed by atoms with E-state index >= 15 is 0 Å². The number of nitrogens with one attached hydrogen (secondary N) is 1. The van der Waals surface area contributed by atoms with Crippen molar-refractivity contribution in [2.45, 2.75) is 19.6 Å². The Morgan fingerprint density at radius 3 is 1.54 bits per heavy atom. The van der Waals surface area contributed by atoms with Gasteiger partial charge in [-0.2, -0.15) is 14.3 Å². The summed E-state index contributed by atoms with van der Waals surface area (Å²) in [6.45, 7) is -0.511. The molecular formula is C25H15N4Na5O17S5. The summed E-state index contributed by atoms with van der Waals surface area (Å²) in [5, 5.41) is 15.4. The predicted octanol–water partition coefficient (Wildman–Crippen LogP) is -14.3. The van der Waals surface area contributed by atoms with Crippen LogP contribution in [0.25, 0.3) is 21.5 Å². The van der Waals surface area contributed by atoms with E-state index in [0.717, 1.165) is 36.4 Å². The molecule has 0 aliphatic heterocycles. The minimum atomic E-state index is -5.34. The van der Waals surface area contributed by atoms with E-state index < -0.39 is 85.4 Å². The van der Waals surface area contributed by atoms with Gasteiger partial charge < -0.3 is 38.3 Å². The van der Waals surface area contributed by atoms with Gasteiger partial charge in [-0.25, -0.2) is 33.7 Å². The minimum Gasteiger partial charge on any atom is -0.748 e. The Labute approximate surface area is 433 Å². The van der Waals surface area contributed by atoms with Crippen LogP contribution in [-0.4, -0.2) is 79.1 Å². The second-order valence-electron chi connectivity index (χ2n) is 9.81. The fraction of sp³-hybridized carbons (Fsp3) is 0.0800. The first-order valence-corrected chi connectivity index (χ1v) is 19.7. The Morgan fingerprint density at radius 1 is 0.607 bits per heavy atom. The van der Waals surface area contributed by atoms with Gasteiger partial charge in [0.2, 0.25) is 5.95 Å². The third kappa shape index (κ3) is 15.9. The summed E-state index contributed by atoms with van der Waals surface area (Å²) in [4.78, 5) is 9.03. The van der Waals surface area contributed by atoms with E-state index in [9.17, 15) is 57.1 Å². The average molecular weight is 919 g/mol. The molecule has 0 radical (unpaired) electrons. The number of fused-ring (bicyclic) bond motifs is 2. The molecule has 1 N–H and O–H groups in total. The zero-order valence-corrected chi connectivity index (χ0v) is 43.6. The molecule has 1 heterocycles. The monoisotopic (exact) mass is 918 g/mol. The second kappa shape index (κ2) is 23.2. The molecule has 5 rings (SSSR count). The smallest absolute Gasteiger partial charge is 0.748 e. The second-order valence-corrected chi connectivity index (χ2v) is 16.2. The Morgan fingerprint density at radius 2 is 1.09 bits per heavy atom. The molecule has 0 spiro atoms. The van der Waals surface area contributed by atoms with Crippen molar-refractivity contribution in [3.63, 3.8) is 0 Å².